The van der Waals surface area contributed by atoms with Crippen LogP contribution in [0.3, 0.4) is 0 Å². The van der Waals surface area contributed by atoms with Crippen molar-refractivity contribution in [3.8, 4) is 11.1 Å². The first-order valence-electron chi connectivity index (χ1n) is 15.1. The Bertz CT molecular complexity index is 1280. The summed E-state index contributed by atoms with van der Waals surface area (Å²) in [5, 5.41) is 6.90. The summed E-state index contributed by atoms with van der Waals surface area (Å²) in [4.78, 5) is 22.7. The first-order valence-corrected chi connectivity index (χ1v) is 15.1. The number of likely N-dealkylation sites (N-methyl/N-ethyl adjacent to an activating group) is 1. The fraction of sp³-hybridized carbons (Fsp3) is 0.581. The topological polar surface area (TPSA) is 81.7 Å². The minimum atomic E-state index is 0.361. The number of aromatic nitrogens is 3. The monoisotopic (exact) mass is 544 g/mol. The van der Waals surface area contributed by atoms with E-state index in [1.165, 1.54) is 44.7 Å². The van der Waals surface area contributed by atoms with Crippen LogP contribution in [0, 0.1) is 0 Å². The van der Waals surface area contributed by atoms with Crippen molar-refractivity contribution in [3.05, 3.63) is 36.2 Å². The number of aryl methyl sites for hydroxylation is 1. The van der Waals surface area contributed by atoms with Crippen LogP contribution >= 0.6 is 0 Å². The van der Waals surface area contributed by atoms with Crippen LogP contribution < -0.4 is 15.5 Å². The summed E-state index contributed by atoms with van der Waals surface area (Å²) in [7, 11) is 4.13. The van der Waals surface area contributed by atoms with Crippen molar-refractivity contribution in [2.45, 2.75) is 51.1 Å². The van der Waals surface area contributed by atoms with E-state index in [0.717, 1.165) is 91.1 Å². The van der Waals surface area contributed by atoms with Gasteiger partial charge in [0.1, 0.15) is 16.9 Å². The summed E-state index contributed by atoms with van der Waals surface area (Å²) in [6, 6.07) is 10.1. The molecule has 0 bridgehead atoms. The predicted octanol–water partition coefficient (Wildman–Crippen LogP) is 4.10. The average molecular weight is 545 g/mol. The van der Waals surface area contributed by atoms with E-state index in [1.807, 2.05) is 13.2 Å². The number of rotatable bonds is 7. The van der Waals surface area contributed by atoms with Crippen LogP contribution in [0.25, 0.3) is 22.2 Å². The second-order valence-electron chi connectivity index (χ2n) is 11.5. The molecule has 0 saturated carbocycles. The molecule has 9 heteroatoms. The molecular formula is C31H44N8O. The summed E-state index contributed by atoms with van der Waals surface area (Å²) >= 11 is 0. The molecule has 2 N–H and O–H groups in total. The van der Waals surface area contributed by atoms with Gasteiger partial charge in [-0.25, -0.2) is 15.0 Å². The van der Waals surface area contributed by atoms with Gasteiger partial charge in [-0.05, 0) is 56.8 Å². The summed E-state index contributed by atoms with van der Waals surface area (Å²) < 4.78 is 5.56. The van der Waals surface area contributed by atoms with Crippen molar-refractivity contribution in [3.63, 3.8) is 0 Å². The molecule has 0 aliphatic carbocycles. The molecule has 0 radical (unpaired) electrons. The molecule has 40 heavy (non-hydrogen) atoms. The Morgan fingerprint density at radius 1 is 0.875 bits per heavy atom. The molecule has 5 heterocycles. The van der Waals surface area contributed by atoms with Gasteiger partial charge in [-0.1, -0.05) is 19.1 Å². The van der Waals surface area contributed by atoms with Crippen LogP contribution in [0.2, 0.25) is 0 Å². The summed E-state index contributed by atoms with van der Waals surface area (Å²) in [6.07, 6.45) is 7.20. The van der Waals surface area contributed by atoms with Crippen molar-refractivity contribution in [2.24, 2.45) is 0 Å². The predicted molar refractivity (Wildman–Crippen MR) is 163 cm³/mol. The van der Waals surface area contributed by atoms with Gasteiger partial charge in [-0.2, -0.15) is 0 Å². The van der Waals surface area contributed by atoms with Crippen molar-refractivity contribution < 1.29 is 4.74 Å². The number of benzene rings is 1. The number of hydrogen-bond donors (Lipinski definition) is 2. The fourth-order valence-electron chi connectivity index (χ4n) is 6.39. The third kappa shape index (κ3) is 5.73. The average Bonchev–Trinajstić information content (AvgIpc) is 3.01. The molecule has 3 saturated heterocycles. The fourth-order valence-corrected chi connectivity index (χ4v) is 6.39. The van der Waals surface area contributed by atoms with Gasteiger partial charge < -0.3 is 25.2 Å². The van der Waals surface area contributed by atoms with Gasteiger partial charge in [0, 0.05) is 89.1 Å². The Hall–Kier alpha value is -3.01. The quantitative estimate of drug-likeness (QED) is 0.457. The minimum absolute atomic E-state index is 0.361. The first kappa shape index (κ1) is 27.2. The number of fused-ring (bicyclic) bond motifs is 1. The first-order chi connectivity index (χ1) is 19.6. The number of piperidine rings is 1. The Morgan fingerprint density at radius 2 is 1.60 bits per heavy atom. The van der Waals surface area contributed by atoms with Gasteiger partial charge in [0.05, 0.1) is 5.69 Å². The third-order valence-electron chi connectivity index (χ3n) is 8.97. The number of pyridine rings is 1. The Kier molecular flexibility index (Phi) is 8.32. The SMILES string of the molecule is CCc1nc2c(NC)ncc(-c3ccc(N4CCC(N5CCN(C)CC5)CC4)cc3)c2nc1NC1CCOCC1. The largest absolute Gasteiger partial charge is 0.381 e. The van der Waals surface area contributed by atoms with Gasteiger partial charge in [0.2, 0.25) is 0 Å². The molecule has 0 spiro atoms. The lowest BCUT2D eigenvalue weighted by Crippen LogP contribution is -2.52. The normalized spacial score (nSPS) is 20.2. The van der Waals surface area contributed by atoms with Crippen LogP contribution in [0.4, 0.5) is 17.3 Å². The van der Waals surface area contributed by atoms with E-state index in [4.69, 9.17) is 19.7 Å². The second-order valence-corrected chi connectivity index (χ2v) is 11.5. The van der Waals surface area contributed by atoms with Gasteiger partial charge in [-0.15, -0.1) is 0 Å². The maximum absolute atomic E-state index is 5.56. The van der Waals surface area contributed by atoms with Crippen LogP contribution in [-0.4, -0.2) is 103 Å². The van der Waals surface area contributed by atoms with Crippen LogP contribution in [0.5, 0.6) is 0 Å². The molecule has 3 aromatic rings. The lowest BCUT2D eigenvalue weighted by atomic mass is 10.0. The Morgan fingerprint density at radius 3 is 2.27 bits per heavy atom. The van der Waals surface area contributed by atoms with Gasteiger partial charge in [0.25, 0.3) is 0 Å². The highest BCUT2D eigenvalue weighted by Gasteiger charge is 2.27. The minimum Gasteiger partial charge on any atom is -0.381 e. The number of nitrogens with one attached hydrogen (secondary N) is 2. The van der Waals surface area contributed by atoms with E-state index in [0.29, 0.717) is 6.04 Å². The molecule has 3 aliphatic heterocycles. The summed E-state index contributed by atoms with van der Waals surface area (Å²) in [5.74, 6) is 1.65. The summed E-state index contributed by atoms with van der Waals surface area (Å²) in [5.41, 5.74) is 6.11. The number of hydrogen-bond acceptors (Lipinski definition) is 9. The third-order valence-corrected chi connectivity index (χ3v) is 8.97. The molecule has 2 aromatic heterocycles. The highest BCUT2D eigenvalue weighted by molar-refractivity contribution is 5.97. The highest BCUT2D eigenvalue weighted by atomic mass is 16.5. The second kappa shape index (κ2) is 12.2. The van der Waals surface area contributed by atoms with Crippen molar-refractivity contribution in [1.82, 2.24) is 24.8 Å². The molecule has 0 amide bonds. The van der Waals surface area contributed by atoms with Crippen LogP contribution in [0.1, 0.15) is 38.3 Å². The molecule has 0 atom stereocenters. The van der Waals surface area contributed by atoms with Crippen LogP contribution in [0.15, 0.2) is 30.5 Å². The molecule has 0 unspecified atom stereocenters. The maximum atomic E-state index is 5.56. The maximum Gasteiger partial charge on any atom is 0.153 e. The number of anilines is 3. The van der Waals surface area contributed by atoms with E-state index in [-0.39, 0.29) is 0 Å². The zero-order chi connectivity index (χ0) is 27.5. The van der Waals surface area contributed by atoms with Crippen molar-refractivity contribution >= 4 is 28.4 Å². The molecule has 9 nitrogen and oxygen atoms in total. The van der Waals surface area contributed by atoms with E-state index in [1.54, 1.807) is 0 Å². The van der Waals surface area contributed by atoms with Crippen LogP contribution in [-0.2, 0) is 11.2 Å². The zero-order valence-electron chi connectivity index (χ0n) is 24.3. The van der Waals surface area contributed by atoms with E-state index >= 15 is 0 Å². The summed E-state index contributed by atoms with van der Waals surface area (Å²) in [6.45, 7) is 10.7. The standard InChI is InChI=1S/C31H44N8O/c1-4-27-30(34-23-11-19-40-20-12-23)36-28-26(21-33-31(32-2)29(28)35-27)22-5-7-24(8-6-22)38-13-9-25(10-14-38)39-17-15-37(3)16-18-39/h5-8,21,23,25H,4,9-20H2,1-3H3,(H,32,33)(H,34,36). The van der Waals surface area contributed by atoms with Gasteiger partial charge in [0.15, 0.2) is 5.82 Å². The smallest absolute Gasteiger partial charge is 0.153 e. The molecule has 1 aromatic carbocycles. The molecule has 3 fully saturated rings. The Balaban J connectivity index is 1.22. The van der Waals surface area contributed by atoms with E-state index < -0.39 is 0 Å². The van der Waals surface area contributed by atoms with E-state index in [9.17, 15) is 0 Å². The molecule has 6 rings (SSSR count). The van der Waals surface area contributed by atoms with Gasteiger partial charge in [-0.3, -0.25) is 4.90 Å². The number of ether oxygens (including phenoxy) is 1. The van der Waals surface area contributed by atoms with E-state index in [2.05, 4.69) is 63.6 Å². The zero-order valence-corrected chi connectivity index (χ0v) is 24.3. The lowest BCUT2D eigenvalue weighted by Gasteiger charge is -2.42. The van der Waals surface area contributed by atoms with Crippen molar-refractivity contribution in [1.29, 1.82) is 0 Å². The Labute approximate surface area is 238 Å². The highest BCUT2D eigenvalue weighted by Crippen LogP contribution is 2.33. The molecule has 214 valence electrons. The molecule has 3 aliphatic rings. The molecular weight excluding hydrogens is 500 g/mol. The number of nitrogens with zero attached hydrogens (tertiary/aromatic N) is 6. The number of piperazine rings is 1. The van der Waals surface area contributed by atoms with Crippen molar-refractivity contribution in [2.75, 3.05) is 82.1 Å². The lowest BCUT2D eigenvalue weighted by molar-refractivity contribution is 0.0903. The van der Waals surface area contributed by atoms with Gasteiger partial charge >= 0.3 is 0 Å².